The van der Waals surface area contributed by atoms with E-state index in [0.717, 1.165) is 30.4 Å². The van der Waals surface area contributed by atoms with Gasteiger partial charge in [-0.3, -0.25) is 9.78 Å². The van der Waals surface area contributed by atoms with Crippen LogP contribution in [-0.2, 0) is 4.74 Å². The fraction of sp³-hybridized carbons (Fsp3) is 0.360. The fourth-order valence-electron chi connectivity index (χ4n) is 4.96. The highest BCUT2D eigenvalue weighted by atomic mass is 16.5. The van der Waals surface area contributed by atoms with Crippen LogP contribution in [0.1, 0.15) is 54.3 Å². The molecule has 3 heterocycles. The molecule has 2 aromatic heterocycles. The van der Waals surface area contributed by atoms with E-state index < -0.39 is 5.91 Å². The van der Waals surface area contributed by atoms with Gasteiger partial charge in [0.25, 0.3) is 5.91 Å². The Kier molecular flexibility index (Phi) is 6.02. The maximum Gasteiger partial charge on any atom is 0.278 e. The maximum atomic E-state index is 13.2. The number of anilines is 2. The van der Waals surface area contributed by atoms with Gasteiger partial charge in [0.05, 0.1) is 36.0 Å². The standard InChI is InChI=1S/C25H28N6O2/c26-18-12-22(33-21-9-5-4-8-16(18)21)17-10-11-28-13-20(17)31-25(32)23-24(27)29-14-19(30-23)15-6-2-1-3-7-15/h1-3,6-7,10-11,13-14,16,18,21-22H,4-5,8-9,12,26H2,(H2,27,29)(H,31,32). The minimum absolute atomic E-state index is 0.0682. The summed E-state index contributed by atoms with van der Waals surface area (Å²) in [5, 5.41) is 2.93. The van der Waals surface area contributed by atoms with Crippen LogP contribution in [0.25, 0.3) is 11.3 Å². The summed E-state index contributed by atoms with van der Waals surface area (Å²) in [5.74, 6) is 0.0342. The molecule has 3 aromatic rings. The molecular formula is C25H28N6O2. The SMILES string of the molecule is Nc1ncc(-c2ccccc2)nc1C(=O)Nc1cnccc1C1CC(N)C2CCCCC2O1. The van der Waals surface area contributed by atoms with Crippen molar-refractivity contribution in [3.05, 3.63) is 66.2 Å². The van der Waals surface area contributed by atoms with Gasteiger partial charge in [-0.25, -0.2) is 9.97 Å². The number of nitrogens with zero attached hydrogens (tertiary/aromatic N) is 3. The Morgan fingerprint density at radius 2 is 1.91 bits per heavy atom. The molecule has 1 saturated heterocycles. The topological polar surface area (TPSA) is 129 Å². The number of aromatic nitrogens is 3. The van der Waals surface area contributed by atoms with Crippen molar-refractivity contribution in [3.8, 4) is 11.3 Å². The normalized spacial score (nSPS) is 24.6. The maximum absolute atomic E-state index is 13.2. The second-order valence-electron chi connectivity index (χ2n) is 8.78. The summed E-state index contributed by atoms with van der Waals surface area (Å²) in [4.78, 5) is 26.0. The van der Waals surface area contributed by atoms with Gasteiger partial charge in [-0.15, -0.1) is 0 Å². The summed E-state index contributed by atoms with van der Waals surface area (Å²) >= 11 is 0. The first-order valence-corrected chi connectivity index (χ1v) is 11.4. The van der Waals surface area contributed by atoms with Crippen molar-refractivity contribution in [1.82, 2.24) is 15.0 Å². The first-order valence-electron chi connectivity index (χ1n) is 11.4. The van der Waals surface area contributed by atoms with E-state index in [-0.39, 0.29) is 29.8 Å². The molecule has 0 bridgehead atoms. The van der Waals surface area contributed by atoms with Crippen LogP contribution in [0.3, 0.4) is 0 Å². The van der Waals surface area contributed by atoms with Gasteiger partial charge in [0.15, 0.2) is 11.5 Å². The number of amides is 1. The van der Waals surface area contributed by atoms with E-state index in [0.29, 0.717) is 23.7 Å². The minimum Gasteiger partial charge on any atom is -0.382 e. The summed E-state index contributed by atoms with van der Waals surface area (Å²) in [6.07, 6.45) is 10.1. The molecule has 0 radical (unpaired) electrons. The molecule has 2 fully saturated rings. The first-order chi connectivity index (χ1) is 16.1. The number of hydrogen-bond donors (Lipinski definition) is 3. The lowest BCUT2D eigenvalue weighted by atomic mass is 9.77. The number of benzene rings is 1. The number of hydrogen-bond acceptors (Lipinski definition) is 7. The van der Waals surface area contributed by atoms with Crippen LogP contribution < -0.4 is 16.8 Å². The van der Waals surface area contributed by atoms with Crippen LogP contribution in [0.5, 0.6) is 0 Å². The lowest BCUT2D eigenvalue weighted by Gasteiger charge is -2.43. The van der Waals surface area contributed by atoms with E-state index in [4.69, 9.17) is 16.2 Å². The van der Waals surface area contributed by atoms with Crippen molar-refractivity contribution in [2.75, 3.05) is 11.1 Å². The Morgan fingerprint density at radius 3 is 2.76 bits per heavy atom. The highest BCUT2D eigenvalue weighted by Crippen LogP contribution is 2.42. The summed E-state index contributed by atoms with van der Waals surface area (Å²) in [6.45, 7) is 0. The third kappa shape index (κ3) is 4.44. The zero-order valence-electron chi connectivity index (χ0n) is 18.4. The van der Waals surface area contributed by atoms with Crippen molar-refractivity contribution in [1.29, 1.82) is 0 Å². The van der Waals surface area contributed by atoms with E-state index in [1.165, 1.54) is 6.42 Å². The zero-order chi connectivity index (χ0) is 22.8. The Bertz CT molecular complexity index is 1140. The summed E-state index contributed by atoms with van der Waals surface area (Å²) < 4.78 is 6.46. The number of pyridine rings is 1. The number of nitrogens with one attached hydrogen (secondary N) is 1. The minimum atomic E-state index is -0.442. The predicted molar refractivity (Wildman–Crippen MR) is 126 cm³/mol. The smallest absolute Gasteiger partial charge is 0.278 e. The molecule has 8 heteroatoms. The first kappa shape index (κ1) is 21.5. The van der Waals surface area contributed by atoms with Crippen molar-refractivity contribution < 1.29 is 9.53 Å². The molecular weight excluding hydrogens is 416 g/mol. The summed E-state index contributed by atoms with van der Waals surface area (Å²) in [6, 6.07) is 11.5. The Balaban J connectivity index is 1.39. The monoisotopic (exact) mass is 444 g/mol. The van der Waals surface area contributed by atoms with Crippen LogP contribution in [-0.4, -0.2) is 33.0 Å². The lowest BCUT2D eigenvalue weighted by molar-refractivity contribution is -0.109. The Hall–Kier alpha value is -3.36. The summed E-state index contributed by atoms with van der Waals surface area (Å²) in [7, 11) is 0. The average Bonchev–Trinajstić information content (AvgIpc) is 2.85. The average molecular weight is 445 g/mol. The van der Waals surface area contributed by atoms with Crippen LogP contribution >= 0.6 is 0 Å². The van der Waals surface area contributed by atoms with Crippen LogP contribution in [0, 0.1) is 5.92 Å². The van der Waals surface area contributed by atoms with Gasteiger partial charge in [0.2, 0.25) is 0 Å². The molecule has 8 nitrogen and oxygen atoms in total. The predicted octanol–water partition coefficient (Wildman–Crippen LogP) is 3.72. The third-order valence-corrected chi connectivity index (χ3v) is 6.66. The molecule has 2 aliphatic rings. The quantitative estimate of drug-likeness (QED) is 0.559. The zero-order valence-corrected chi connectivity index (χ0v) is 18.4. The van der Waals surface area contributed by atoms with Gasteiger partial charge < -0.3 is 21.5 Å². The van der Waals surface area contributed by atoms with Crippen LogP contribution in [0.4, 0.5) is 11.5 Å². The number of carbonyl (C=O) groups is 1. The Morgan fingerprint density at radius 1 is 1.09 bits per heavy atom. The third-order valence-electron chi connectivity index (χ3n) is 6.66. The lowest BCUT2D eigenvalue weighted by Crippen LogP contribution is -2.47. The molecule has 1 amide bonds. The molecule has 5 N–H and O–H groups in total. The molecule has 1 aliphatic heterocycles. The van der Waals surface area contributed by atoms with Crippen molar-refractivity contribution in [2.24, 2.45) is 11.7 Å². The van der Waals surface area contributed by atoms with Crippen molar-refractivity contribution in [2.45, 2.75) is 50.4 Å². The van der Waals surface area contributed by atoms with E-state index >= 15 is 0 Å². The van der Waals surface area contributed by atoms with E-state index in [1.54, 1.807) is 18.6 Å². The molecule has 33 heavy (non-hydrogen) atoms. The molecule has 0 spiro atoms. The number of rotatable bonds is 4. The van der Waals surface area contributed by atoms with E-state index in [2.05, 4.69) is 20.3 Å². The van der Waals surface area contributed by atoms with E-state index in [1.807, 2.05) is 36.4 Å². The molecule has 1 saturated carbocycles. The molecule has 5 rings (SSSR count). The van der Waals surface area contributed by atoms with Gasteiger partial charge >= 0.3 is 0 Å². The molecule has 170 valence electrons. The Labute approximate surface area is 192 Å². The number of carbonyl (C=O) groups excluding carboxylic acids is 1. The van der Waals surface area contributed by atoms with Gasteiger partial charge in [0, 0.05) is 29.3 Å². The second kappa shape index (κ2) is 9.25. The molecule has 4 atom stereocenters. The number of nitrogen functional groups attached to an aromatic ring is 1. The number of fused-ring (bicyclic) bond motifs is 1. The summed E-state index contributed by atoms with van der Waals surface area (Å²) in [5.41, 5.74) is 15.5. The van der Waals surface area contributed by atoms with E-state index in [9.17, 15) is 4.79 Å². The van der Waals surface area contributed by atoms with Crippen molar-refractivity contribution in [3.63, 3.8) is 0 Å². The van der Waals surface area contributed by atoms with Gasteiger partial charge in [0.1, 0.15) is 0 Å². The molecule has 1 aliphatic carbocycles. The number of ether oxygens (including phenoxy) is 1. The largest absolute Gasteiger partial charge is 0.382 e. The highest BCUT2D eigenvalue weighted by molar-refractivity contribution is 6.06. The van der Waals surface area contributed by atoms with Gasteiger partial charge in [-0.1, -0.05) is 43.2 Å². The second-order valence-corrected chi connectivity index (χ2v) is 8.78. The van der Waals surface area contributed by atoms with Crippen LogP contribution in [0.15, 0.2) is 55.0 Å². The van der Waals surface area contributed by atoms with Crippen LogP contribution in [0.2, 0.25) is 0 Å². The highest BCUT2D eigenvalue weighted by Gasteiger charge is 2.39. The van der Waals surface area contributed by atoms with Gasteiger partial charge in [-0.2, -0.15) is 0 Å². The molecule has 1 aromatic carbocycles. The van der Waals surface area contributed by atoms with Crippen molar-refractivity contribution >= 4 is 17.4 Å². The fourth-order valence-corrected chi connectivity index (χ4v) is 4.96. The molecule has 4 unspecified atom stereocenters. The number of nitrogens with two attached hydrogens (primary N) is 2. The van der Waals surface area contributed by atoms with Gasteiger partial charge in [-0.05, 0) is 25.3 Å².